The lowest BCUT2D eigenvalue weighted by Gasteiger charge is -1.93. The number of fused-ring (bicyclic) bond motifs is 1. The van der Waals surface area contributed by atoms with Crippen LogP contribution in [0.25, 0.3) is 16.9 Å². The molecular formula is C9H6N6. The number of nitrogens with zero attached hydrogens (tertiary/aromatic N) is 6. The van der Waals surface area contributed by atoms with Gasteiger partial charge in [0.2, 0.25) is 0 Å². The van der Waals surface area contributed by atoms with Crippen LogP contribution in [0.3, 0.4) is 0 Å². The Labute approximate surface area is 84.6 Å². The van der Waals surface area contributed by atoms with Crippen LogP contribution in [0.15, 0.2) is 37.2 Å². The Kier molecular flexibility index (Phi) is 1.64. The zero-order valence-corrected chi connectivity index (χ0v) is 7.65. The van der Waals surface area contributed by atoms with Crippen molar-refractivity contribution in [3.63, 3.8) is 0 Å². The first-order chi connectivity index (χ1) is 7.45. The van der Waals surface area contributed by atoms with Gasteiger partial charge in [0.05, 0.1) is 0 Å². The Morgan fingerprint density at radius 3 is 2.87 bits per heavy atom. The predicted octanol–water partition coefficient (Wildman–Crippen LogP) is 0.581. The van der Waals surface area contributed by atoms with E-state index in [0.717, 1.165) is 5.56 Å². The highest BCUT2D eigenvalue weighted by Gasteiger charge is 2.08. The maximum absolute atomic E-state index is 4.20. The van der Waals surface area contributed by atoms with E-state index in [1.165, 1.54) is 6.33 Å². The first kappa shape index (κ1) is 7.98. The monoisotopic (exact) mass is 198 g/mol. The summed E-state index contributed by atoms with van der Waals surface area (Å²) in [4.78, 5) is 12.1. The van der Waals surface area contributed by atoms with Crippen LogP contribution in [0.4, 0.5) is 0 Å². The maximum Gasteiger partial charge on any atom is 0.183 e. The molecule has 3 aromatic heterocycles. The topological polar surface area (TPSA) is 68.9 Å². The molecule has 15 heavy (non-hydrogen) atoms. The molecule has 3 aromatic rings. The molecule has 0 fully saturated rings. The van der Waals surface area contributed by atoms with Crippen LogP contribution < -0.4 is 0 Å². The summed E-state index contributed by atoms with van der Waals surface area (Å²) in [6, 6.07) is 1.80. The molecule has 0 aliphatic heterocycles. The van der Waals surface area contributed by atoms with E-state index in [9.17, 15) is 0 Å². The van der Waals surface area contributed by atoms with Crippen LogP contribution >= 0.6 is 0 Å². The lowest BCUT2D eigenvalue weighted by molar-refractivity contribution is 0.847. The summed E-state index contributed by atoms with van der Waals surface area (Å²) >= 11 is 0. The smallest absolute Gasteiger partial charge is 0.183 e. The summed E-state index contributed by atoms with van der Waals surface area (Å²) in [7, 11) is 0. The van der Waals surface area contributed by atoms with Crippen LogP contribution in [0.5, 0.6) is 0 Å². The molecule has 72 valence electrons. The van der Waals surface area contributed by atoms with E-state index in [2.05, 4.69) is 25.3 Å². The van der Waals surface area contributed by atoms with Crippen LogP contribution in [-0.4, -0.2) is 29.8 Å². The Bertz CT molecular complexity index is 588. The third-order valence-electron chi connectivity index (χ3n) is 2.01. The second-order valence-corrected chi connectivity index (χ2v) is 2.95. The minimum atomic E-state index is 0.691. The van der Waals surface area contributed by atoms with Crippen molar-refractivity contribution in [2.75, 3.05) is 0 Å². The molecule has 0 atom stereocenters. The summed E-state index contributed by atoms with van der Waals surface area (Å²) in [5.41, 5.74) is 2.20. The van der Waals surface area contributed by atoms with Crippen molar-refractivity contribution in [1.29, 1.82) is 0 Å². The first-order valence-corrected chi connectivity index (χ1v) is 4.36. The maximum atomic E-state index is 4.20. The van der Waals surface area contributed by atoms with Gasteiger partial charge in [-0.3, -0.25) is 0 Å². The number of aromatic nitrogens is 6. The number of hydrogen-bond acceptors (Lipinski definition) is 5. The van der Waals surface area contributed by atoms with Gasteiger partial charge in [-0.15, -0.1) is 5.10 Å². The predicted molar refractivity (Wildman–Crippen MR) is 51.8 cm³/mol. The highest BCUT2D eigenvalue weighted by Crippen LogP contribution is 2.17. The normalized spacial score (nSPS) is 10.7. The van der Waals surface area contributed by atoms with Gasteiger partial charge in [0.25, 0.3) is 0 Å². The lowest BCUT2D eigenvalue weighted by Crippen LogP contribution is -1.88. The average Bonchev–Trinajstić information content (AvgIpc) is 2.74. The third-order valence-corrected chi connectivity index (χ3v) is 2.01. The Morgan fingerprint density at radius 2 is 2.00 bits per heavy atom. The van der Waals surface area contributed by atoms with Gasteiger partial charge >= 0.3 is 0 Å². The van der Waals surface area contributed by atoms with Crippen molar-refractivity contribution in [2.45, 2.75) is 0 Å². The molecule has 0 N–H and O–H groups in total. The Balaban J connectivity index is 2.28. The molecule has 0 saturated heterocycles. The van der Waals surface area contributed by atoms with Gasteiger partial charge in [-0.1, -0.05) is 5.21 Å². The Hall–Kier alpha value is -2.37. The lowest BCUT2D eigenvalue weighted by atomic mass is 10.2. The third kappa shape index (κ3) is 1.23. The molecule has 3 heterocycles. The van der Waals surface area contributed by atoms with Gasteiger partial charge < -0.3 is 0 Å². The van der Waals surface area contributed by atoms with E-state index < -0.39 is 0 Å². The van der Waals surface area contributed by atoms with Gasteiger partial charge in [0, 0.05) is 30.4 Å². The van der Waals surface area contributed by atoms with E-state index in [1.54, 1.807) is 35.4 Å². The van der Waals surface area contributed by atoms with E-state index in [1.807, 2.05) is 0 Å². The highest BCUT2D eigenvalue weighted by molar-refractivity contribution is 5.71. The molecule has 0 aliphatic rings. The fourth-order valence-electron chi connectivity index (χ4n) is 1.35. The second-order valence-electron chi connectivity index (χ2n) is 2.95. The minimum absolute atomic E-state index is 0.691. The van der Waals surface area contributed by atoms with Crippen molar-refractivity contribution in [3.8, 4) is 11.3 Å². The van der Waals surface area contributed by atoms with Crippen LogP contribution in [0.2, 0.25) is 0 Å². The zero-order valence-electron chi connectivity index (χ0n) is 7.65. The fourth-order valence-corrected chi connectivity index (χ4v) is 1.35. The van der Waals surface area contributed by atoms with Crippen molar-refractivity contribution in [1.82, 2.24) is 29.8 Å². The molecule has 0 radical (unpaired) electrons. The van der Waals surface area contributed by atoms with Crippen LogP contribution in [0, 0.1) is 0 Å². The molecule has 6 nitrogen and oxygen atoms in total. The summed E-state index contributed by atoms with van der Waals surface area (Å²) in [6.45, 7) is 0. The molecule has 0 unspecified atom stereocenters. The van der Waals surface area contributed by atoms with Gasteiger partial charge in [-0.05, 0) is 6.07 Å². The SMILES string of the molecule is c1cnc2c(-c3cncnc3)nnn2c1. The number of hydrogen-bond donors (Lipinski definition) is 0. The summed E-state index contributed by atoms with van der Waals surface area (Å²) in [5.74, 6) is 0. The highest BCUT2D eigenvalue weighted by atomic mass is 15.4. The molecule has 0 spiro atoms. The van der Waals surface area contributed by atoms with Crippen LogP contribution in [-0.2, 0) is 0 Å². The van der Waals surface area contributed by atoms with E-state index in [0.29, 0.717) is 11.3 Å². The van der Waals surface area contributed by atoms with Gasteiger partial charge in [-0.25, -0.2) is 19.5 Å². The largest absolute Gasteiger partial charge is 0.244 e. The molecule has 0 aliphatic carbocycles. The molecule has 0 aromatic carbocycles. The minimum Gasteiger partial charge on any atom is -0.244 e. The zero-order chi connectivity index (χ0) is 10.1. The van der Waals surface area contributed by atoms with E-state index >= 15 is 0 Å². The average molecular weight is 198 g/mol. The quantitative estimate of drug-likeness (QED) is 0.572. The van der Waals surface area contributed by atoms with Gasteiger partial charge in [-0.2, -0.15) is 0 Å². The van der Waals surface area contributed by atoms with Crippen LogP contribution in [0.1, 0.15) is 0 Å². The van der Waals surface area contributed by atoms with Crippen molar-refractivity contribution >= 4 is 5.65 Å². The molecule has 3 rings (SSSR count). The fraction of sp³-hybridized carbons (Fsp3) is 0. The van der Waals surface area contributed by atoms with Crippen molar-refractivity contribution < 1.29 is 0 Å². The second kappa shape index (κ2) is 3.09. The molecule has 0 saturated carbocycles. The molecule has 0 bridgehead atoms. The number of rotatable bonds is 1. The van der Waals surface area contributed by atoms with Gasteiger partial charge in [0.15, 0.2) is 5.65 Å². The Morgan fingerprint density at radius 1 is 1.13 bits per heavy atom. The molecule has 0 amide bonds. The summed E-state index contributed by atoms with van der Waals surface area (Å²) in [5, 5.41) is 7.98. The van der Waals surface area contributed by atoms with Gasteiger partial charge in [0.1, 0.15) is 12.0 Å². The van der Waals surface area contributed by atoms with Crippen molar-refractivity contribution in [2.24, 2.45) is 0 Å². The van der Waals surface area contributed by atoms with E-state index in [-0.39, 0.29) is 0 Å². The standard InChI is InChI=1S/C9H6N6/c1-2-12-9-8(13-14-15(9)3-1)7-4-10-6-11-5-7/h1-6H. The molecule has 6 heteroatoms. The first-order valence-electron chi connectivity index (χ1n) is 4.36. The van der Waals surface area contributed by atoms with Crippen molar-refractivity contribution in [3.05, 3.63) is 37.2 Å². The molecular weight excluding hydrogens is 192 g/mol. The summed E-state index contributed by atoms with van der Waals surface area (Å²) in [6.07, 6.45) is 8.34. The summed E-state index contributed by atoms with van der Waals surface area (Å²) < 4.78 is 1.61. The van der Waals surface area contributed by atoms with E-state index in [4.69, 9.17) is 0 Å².